The van der Waals surface area contributed by atoms with E-state index in [2.05, 4.69) is 0 Å². The topological polar surface area (TPSA) is 57.5 Å². The second-order valence-electron chi connectivity index (χ2n) is 3.65. The summed E-state index contributed by atoms with van der Waals surface area (Å²) in [6, 6.07) is 0. The van der Waals surface area contributed by atoms with Crippen LogP contribution >= 0.6 is 0 Å². The lowest BCUT2D eigenvalue weighted by Gasteiger charge is -2.38. The number of aliphatic hydroxyl groups is 1. The zero-order valence-electron chi connectivity index (χ0n) is 8.22. The molecule has 72 valence electrons. The summed E-state index contributed by atoms with van der Waals surface area (Å²) in [5.74, 6) is -0.917. The van der Waals surface area contributed by atoms with E-state index in [-0.39, 0.29) is 0 Å². The summed E-state index contributed by atoms with van der Waals surface area (Å²) in [5, 5.41) is 18.7. The Balaban J connectivity index is 4.97. The first-order chi connectivity index (χ1) is 5.31. The fourth-order valence-electron chi connectivity index (χ4n) is 1.68. The summed E-state index contributed by atoms with van der Waals surface area (Å²) in [7, 11) is 0. The van der Waals surface area contributed by atoms with Gasteiger partial charge in [0, 0.05) is 0 Å². The highest BCUT2D eigenvalue weighted by Gasteiger charge is 2.47. The van der Waals surface area contributed by atoms with Crippen LogP contribution in [-0.4, -0.2) is 21.8 Å². The van der Waals surface area contributed by atoms with Crippen molar-refractivity contribution in [3.05, 3.63) is 0 Å². The van der Waals surface area contributed by atoms with E-state index in [1.54, 1.807) is 27.7 Å². The van der Waals surface area contributed by atoms with Gasteiger partial charge in [-0.15, -0.1) is 0 Å². The van der Waals surface area contributed by atoms with Gasteiger partial charge in [-0.1, -0.05) is 13.8 Å². The SMILES string of the molecule is CCC(CC)(C(=O)O)C(C)(C)O. The largest absolute Gasteiger partial charge is 0.481 e. The molecule has 0 bridgehead atoms. The molecule has 0 aliphatic carbocycles. The Kier molecular flexibility index (Phi) is 3.27. The zero-order valence-corrected chi connectivity index (χ0v) is 8.22. The molecule has 0 rings (SSSR count). The van der Waals surface area contributed by atoms with Crippen molar-refractivity contribution >= 4 is 5.97 Å². The average molecular weight is 174 g/mol. The van der Waals surface area contributed by atoms with Crippen molar-refractivity contribution in [1.82, 2.24) is 0 Å². The predicted octanol–water partition coefficient (Wildman–Crippen LogP) is 1.65. The maximum absolute atomic E-state index is 11.0. The van der Waals surface area contributed by atoms with Crippen LogP contribution in [0.4, 0.5) is 0 Å². The van der Waals surface area contributed by atoms with Crippen LogP contribution in [0, 0.1) is 5.41 Å². The molecule has 3 nitrogen and oxygen atoms in total. The van der Waals surface area contributed by atoms with Gasteiger partial charge in [0.15, 0.2) is 0 Å². The molecule has 0 saturated heterocycles. The maximum Gasteiger partial charge on any atom is 0.312 e. The van der Waals surface area contributed by atoms with Gasteiger partial charge in [-0.3, -0.25) is 4.79 Å². The molecule has 0 aromatic carbocycles. The lowest BCUT2D eigenvalue weighted by molar-refractivity contribution is -0.166. The van der Waals surface area contributed by atoms with Gasteiger partial charge in [0.1, 0.15) is 0 Å². The summed E-state index contributed by atoms with van der Waals surface area (Å²) in [4.78, 5) is 11.0. The molecule has 0 saturated carbocycles. The monoisotopic (exact) mass is 174 g/mol. The number of hydrogen-bond acceptors (Lipinski definition) is 2. The molecule has 3 heteroatoms. The Morgan fingerprint density at radius 1 is 1.25 bits per heavy atom. The van der Waals surface area contributed by atoms with Crippen LogP contribution in [0.25, 0.3) is 0 Å². The second kappa shape index (κ2) is 3.44. The summed E-state index contributed by atoms with van der Waals surface area (Å²) in [6.07, 6.45) is 0.894. The molecular formula is C9H18O3. The fraction of sp³-hybridized carbons (Fsp3) is 0.889. The molecule has 0 amide bonds. The smallest absolute Gasteiger partial charge is 0.312 e. The van der Waals surface area contributed by atoms with Crippen molar-refractivity contribution in [2.75, 3.05) is 0 Å². The number of hydrogen-bond donors (Lipinski definition) is 2. The summed E-state index contributed by atoms with van der Waals surface area (Å²) < 4.78 is 0. The van der Waals surface area contributed by atoms with Crippen molar-refractivity contribution in [1.29, 1.82) is 0 Å². The molecule has 0 radical (unpaired) electrons. The van der Waals surface area contributed by atoms with Gasteiger partial charge in [-0.25, -0.2) is 0 Å². The summed E-state index contributed by atoms with van der Waals surface area (Å²) in [6.45, 7) is 6.67. The first-order valence-electron chi connectivity index (χ1n) is 4.27. The molecule has 0 aliphatic rings. The number of rotatable bonds is 4. The highest BCUT2D eigenvalue weighted by atomic mass is 16.4. The van der Waals surface area contributed by atoms with Crippen LogP contribution in [0.1, 0.15) is 40.5 Å². The third kappa shape index (κ3) is 1.61. The summed E-state index contributed by atoms with van der Waals surface area (Å²) in [5.41, 5.74) is -2.17. The normalized spacial score (nSPS) is 13.1. The van der Waals surface area contributed by atoms with Crippen molar-refractivity contribution in [2.45, 2.75) is 46.1 Å². The standard InChI is InChI=1S/C9H18O3/c1-5-9(6-2,7(10)11)8(3,4)12/h12H,5-6H2,1-4H3,(H,10,11). The summed E-state index contributed by atoms with van der Waals surface area (Å²) >= 11 is 0. The Bertz CT molecular complexity index is 163. The Labute approximate surface area is 73.4 Å². The van der Waals surface area contributed by atoms with Gasteiger partial charge in [-0.05, 0) is 26.7 Å². The second-order valence-corrected chi connectivity index (χ2v) is 3.65. The number of aliphatic carboxylic acids is 1. The van der Waals surface area contributed by atoms with Crippen LogP contribution in [0.2, 0.25) is 0 Å². The van der Waals surface area contributed by atoms with Crippen LogP contribution < -0.4 is 0 Å². The van der Waals surface area contributed by atoms with Crippen molar-refractivity contribution < 1.29 is 15.0 Å². The zero-order chi connectivity index (χ0) is 9.99. The van der Waals surface area contributed by atoms with E-state index in [9.17, 15) is 9.90 Å². The number of carboxylic acid groups (broad SMARTS) is 1. The van der Waals surface area contributed by atoms with Crippen LogP contribution in [-0.2, 0) is 4.79 Å². The fourth-order valence-corrected chi connectivity index (χ4v) is 1.68. The molecule has 0 atom stereocenters. The van der Waals surface area contributed by atoms with E-state index in [1.165, 1.54) is 0 Å². The van der Waals surface area contributed by atoms with E-state index >= 15 is 0 Å². The molecule has 0 heterocycles. The van der Waals surface area contributed by atoms with E-state index in [1.807, 2.05) is 0 Å². The third-order valence-electron chi connectivity index (χ3n) is 2.79. The highest BCUT2D eigenvalue weighted by molar-refractivity contribution is 5.76. The average Bonchev–Trinajstić information content (AvgIpc) is 1.87. The van der Waals surface area contributed by atoms with Crippen molar-refractivity contribution in [3.63, 3.8) is 0 Å². The van der Waals surface area contributed by atoms with Gasteiger partial charge in [0.2, 0.25) is 0 Å². The minimum atomic E-state index is -1.16. The minimum Gasteiger partial charge on any atom is -0.481 e. The third-order valence-corrected chi connectivity index (χ3v) is 2.79. The first-order valence-corrected chi connectivity index (χ1v) is 4.27. The lowest BCUT2D eigenvalue weighted by Crippen LogP contribution is -2.48. The van der Waals surface area contributed by atoms with Gasteiger partial charge in [0.25, 0.3) is 0 Å². The molecule has 0 spiro atoms. The van der Waals surface area contributed by atoms with Crippen molar-refractivity contribution in [2.24, 2.45) is 5.41 Å². The quantitative estimate of drug-likeness (QED) is 0.681. The van der Waals surface area contributed by atoms with Gasteiger partial charge in [-0.2, -0.15) is 0 Å². The van der Waals surface area contributed by atoms with E-state index in [0.717, 1.165) is 0 Å². The molecule has 0 aliphatic heterocycles. The number of carboxylic acids is 1. The Morgan fingerprint density at radius 2 is 1.58 bits per heavy atom. The van der Waals surface area contributed by atoms with Gasteiger partial charge in [0.05, 0.1) is 11.0 Å². The first kappa shape index (κ1) is 11.4. The Morgan fingerprint density at radius 3 is 1.58 bits per heavy atom. The molecule has 0 fully saturated rings. The highest BCUT2D eigenvalue weighted by Crippen LogP contribution is 2.38. The van der Waals surface area contributed by atoms with Crippen molar-refractivity contribution in [3.8, 4) is 0 Å². The minimum absolute atomic E-state index is 0.447. The van der Waals surface area contributed by atoms with Gasteiger partial charge >= 0.3 is 5.97 Å². The lowest BCUT2D eigenvalue weighted by atomic mass is 9.70. The van der Waals surface area contributed by atoms with E-state index in [0.29, 0.717) is 12.8 Å². The van der Waals surface area contributed by atoms with E-state index < -0.39 is 17.0 Å². The van der Waals surface area contributed by atoms with E-state index in [4.69, 9.17) is 5.11 Å². The molecular weight excluding hydrogens is 156 g/mol. The van der Waals surface area contributed by atoms with Crippen LogP contribution in [0.3, 0.4) is 0 Å². The Hall–Kier alpha value is -0.570. The molecule has 0 aromatic heterocycles. The predicted molar refractivity (Wildman–Crippen MR) is 46.9 cm³/mol. The molecule has 2 N–H and O–H groups in total. The number of carbonyl (C=O) groups is 1. The maximum atomic E-state index is 11.0. The van der Waals surface area contributed by atoms with Crippen LogP contribution in [0.15, 0.2) is 0 Å². The molecule has 12 heavy (non-hydrogen) atoms. The molecule has 0 aromatic rings. The van der Waals surface area contributed by atoms with Crippen LogP contribution in [0.5, 0.6) is 0 Å². The van der Waals surface area contributed by atoms with Gasteiger partial charge < -0.3 is 10.2 Å². The molecule has 0 unspecified atom stereocenters.